The van der Waals surface area contributed by atoms with Crippen LogP contribution in [0.4, 0.5) is 25.0 Å². The van der Waals surface area contributed by atoms with Crippen molar-refractivity contribution in [1.29, 1.82) is 0 Å². The van der Waals surface area contributed by atoms with E-state index in [1.165, 1.54) is 23.1 Å². The van der Waals surface area contributed by atoms with Gasteiger partial charge in [0.1, 0.15) is 17.2 Å². The Morgan fingerprint density at radius 1 is 1.20 bits per heavy atom. The second kappa shape index (κ2) is 8.60. The van der Waals surface area contributed by atoms with E-state index in [1.807, 2.05) is 0 Å². The fraction of sp³-hybridized carbons (Fsp3) is 0.364. The maximum atomic E-state index is 14.2. The topological polar surface area (TPSA) is 58.6 Å². The molecule has 2 aromatic rings. The van der Waals surface area contributed by atoms with Crippen molar-refractivity contribution < 1.29 is 23.1 Å². The monoisotopic (exact) mass is 436 g/mol. The molecule has 3 rings (SSSR count). The van der Waals surface area contributed by atoms with Crippen LogP contribution in [0, 0.1) is 11.6 Å². The zero-order valence-corrected chi connectivity index (χ0v) is 17.7. The third-order valence-electron chi connectivity index (χ3n) is 4.70. The van der Waals surface area contributed by atoms with Crippen molar-refractivity contribution in [1.82, 2.24) is 0 Å². The van der Waals surface area contributed by atoms with Crippen molar-refractivity contribution in [3.63, 3.8) is 0 Å². The van der Waals surface area contributed by atoms with E-state index in [1.54, 1.807) is 32.9 Å². The predicted molar refractivity (Wildman–Crippen MR) is 112 cm³/mol. The Morgan fingerprint density at radius 3 is 2.57 bits per heavy atom. The highest BCUT2D eigenvalue weighted by molar-refractivity contribution is 6.34. The third kappa shape index (κ3) is 5.27. The first-order chi connectivity index (χ1) is 14.0. The first kappa shape index (κ1) is 22.0. The van der Waals surface area contributed by atoms with Crippen molar-refractivity contribution in [3.8, 4) is 0 Å². The second-order valence-electron chi connectivity index (χ2n) is 8.20. The van der Waals surface area contributed by atoms with E-state index in [-0.39, 0.29) is 29.8 Å². The number of benzene rings is 2. The van der Waals surface area contributed by atoms with Gasteiger partial charge in [-0.15, -0.1) is 0 Å². The van der Waals surface area contributed by atoms with Crippen LogP contribution in [0.25, 0.3) is 0 Å². The van der Waals surface area contributed by atoms with E-state index in [2.05, 4.69) is 5.32 Å². The van der Waals surface area contributed by atoms with E-state index in [4.69, 9.17) is 16.3 Å². The minimum Gasteiger partial charge on any atom is -0.444 e. The molecule has 0 aliphatic carbocycles. The van der Waals surface area contributed by atoms with Gasteiger partial charge < -0.3 is 9.64 Å². The normalized spacial score (nSPS) is 17.1. The van der Waals surface area contributed by atoms with Gasteiger partial charge >= 0.3 is 6.09 Å². The fourth-order valence-corrected chi connectivity index (χ4v) is 3.67. The van der Waals surface area contributed by atoms with Gasteiger partial charge in [-0.25, -0.2) is 13.6 Å². The Labute approximate surface area is 179 Å². The maximum Gasteiger partial charge on any atom is 0.412 e. The average Bonchev–Trinajstić information content (AvgIpc) is 2.61. The smallest absolute Gasteiger partial charge is 0.412 e. The van der Waals surface area contributed by atoms with Crippen molar-refractivity contribution in [2.24, 2.45) is 0 Å². The number of hydrogen-bond donors (Lipinski definition) is 1. The predicted octanol–water partition coefficient (Wildman–Crippen LogP) is 5.88. The van der Waals surface area contributed by atoms with E-state index in [0.717, 1.165) is 6.07 Å². The summed E-state index contributed by atoms with van der Waals surface area (Å²) in [4.78, 5) is 25.9. The number of ether oxygens (including phenoxy) is 1. The first-order valence-corrected chi connectivity index (χ1v) is 9.96. The molecule has 1 saturated heterocycles. The number of carbonyl (C=O) groups is 2. The Balaban J connectivity index is 1.78. The van der Waals surface area contributed by atoms with E-state index >= 15 is 0 Å². The molecule has 1 unspecified atom stereocenters. The Bertz CT molecular complexity index is 975. The lowest BCUT2D eigenvalue weighted by Gasteiger charge is -2.33. The number of carbonyl (C=O) groups excluding carboxylic acids is 2. The molecule has 160 valence electrons. The van der Waals surface area contributed by atoms with Gasteiger partial charge in [0.05, 0.1) is 10.7 Å². The summed E-state index contributed by atoms with van der Waals surface area (Å²) in [6.07, 6.45) is 0.0657. The molecule has 0 bridgehead atoms. The maximum absolute atomic E-state index is 14.2. The number of nitrogens with zero attached hydrogens (tertiary/aromatic N) is 1. The van der Waals surface area contributed by atoms with Gasteiger partial charge in [-0.05, 0) is 57.0 Å². The zero-order valence-electron chi connectivity index (χ0n) is 17.0. The summed E-state index contributed by atoms with van der Waals surface area (Å²) >= 11 is 6.38. The summed E-state index contributed by atoms with van der Waals surface area (Å²) in [6.45, 7) is 5.49. The number of hydrogen-bond acceptors (Lipinski definition) is 3. The summed E-state index contributed by atoms with van der Waals surface area (Å²) in [5.74, 6) is -1.68. The lowest BCUT2D eigenvalue weighted by Crippen LogP contribution is -2.39. The van der Waals surface area contributed by atoms with Crippen LogP contribution in [0.2, 0.25) is 5.02 Å². The minimum atomic E-state index is -0.642. The number of rotatable bonds is 3. The zero-order chi connectivity index (χ0) is 22.1. The van der Waals surface area contributed by atoms with Crippen LogP contribution in [0.5, 0.6) is 0 Å². The van der Waals surface area contributed by atoms with Gasteiger partial charge in [0.2, 0.25) is 5.91 Å². The molecule has 5 nitrogen and oxygen atoms in total. The van der Waals surface area contributed by atoms with Crippen LogP contribution < -0.4 is 10.2 Å². The van der Waals surface area contributed by atoms with E-state index in [0.29, 0.717) is 23.4 Å². The number of halogens is 3. The van der Waals surface area contributed by atoms with Gasteiger partial charge in [-0.1, -0.05) is 17.7 Å². The first-order valence-electron chi connectivity index (χ1n) is 9.58. The summed E-state index contributed by atoms with van der Waals surface area (Å²) in [5, 5.41) is 2.86. The molecule has 1 atom stereocenters. The highest BCUT2D eigenvalue weighted by Gasteiger charge is 2.30. The molecular weight excluding hydrogens is 414 g/mol. The van der Waals surface area contributed by atoms with E-state index < -0.39 is 23.3 Å². The summed E-state index contributed by atoms with van der Waals surface area (Å²) in [5.41, 5.74) is 0.610. The molecule has 8 heteroatoms. The molecule has 1 aliphatic heterocycles. The molecule has 0 saturated carbocycles. The Morgan fingerprint density at radius 2 is 1.93 bits per heavy atom. The highest BCUT2D eigenvalue weighted by Crippen LogP contribution is 2.36. The summed E-state index contributed by atoms with van der Waals surface area (Å²) < 4.78 is 32.6. The van der Waals surface area contributed by atoms with Crippen LogP contribution in [0.1, 0.15) is 45.1 Å². The number of amides is 2. The lowest BCUT2D eigenvalue weighted by atomic mass is 9.89. The van der Waals surface area contributed by atoms with Gasteiger partial charge in [0.25, 0.3) is 0 Å². The highest BCUT2D eigenvalue weighted by atomic mass is 35.5. The van der Waals surface area contributed by atoms with Crippen molar-refractivity contribution >= 4 is 35.0 Å². The molecule has 1 N–H and O–H groups in total. The standard InChI is InChI=1S/C22H23ClF2N2O3/c1-22(2,3)30-21(29)26-15-6-8-19(17(23)11-15)27-12-13(4-9-20(27)28)16-7-5-14(24)10-18(16)25/h5-8,10-11,13H,4,9,12H2,1-3H3,(H,26,29). The van der Waals surface area contributed by atoms with E-state index in [9.17, 15) is 18.4 Å². The van der Waals surface area contributed by atoms with Crippen LogP contribution in [0.15, 0.2) is 36.4 Å². The lowest BCUT2D eigenvalue weighted by molar-refractivity contribution is -0.119. The molecule has 30 heavy (non-hydrogen) atoms. The molecule has 2 amide bonds. The Kier molecular flexibility index (Phi) is 6.31. The molecule has 0 radical (unpaired) electrons. The number of nitrogens with one attached hydrogen (secondary N) is 1. The average molecular weight is 437 g/mol. The van der Waals surface area contributed by atoms with Gasteiger partial charge in [0.15, 0.2) is 0 Å². The number of piperidine rings is 1. The number of anilines is 2. The minimum absolute atomic E-state index is 0.136. The Hall–Kier alpha value is -2.67. The molecule has 1 heterocycles. The van der Waals surface area contributed by atoms with Crippen LogP contribution in [0.3, 0.4) is 0 Å². The van der Waals surface area contributed by atoms with Crippen LogP contribution in [-0.4, -0.2) is 24.1 Å². The van der Waals surface area contributed by atoms with Crippen LogP contribution in [-0.2, 0) is 9.53 Å². The molecular formula is C22H23ClF2N2O3. The fourth-order valence-electron chi connectivity index (χ4n) is 3.39. The molecule has 1 aliphatic rings. The van der Waals surface area contributed by atoms with Gasteiger partial charge in [-0.3, -0.25) is 10.1 Å². The van der Waals surface area contributed by atoms with Gasteiger partial charge in [0, 0.05) is 30.6 Å². The second-order valence-corrected chi connectivity index (χ2v) is 8.61. The van der Waals surface area contributed by atoms with Crippen molar-refractivity contribution in [2.75, 3.05) is 16.8 Å². The quantitative estimate of drug-likeness (QED) is 0.654. The van der Waals surface area contributed by atoms with Crippen LogP contribution >= 0.6 is 11.6 Å². The molecule has 1 fully saturated rings. The molecule has 0 aromatic heterocycles. The van der Waals surface area contributed by atoms with Crippen molar-refractivity contribution in [3.05, 3.63) is 58.6 Å². The molecule has 0 spiro atoms. The molecule has 2 aromatic carbocycles. The summed E-state index contributed by atoms with van der Waals surface area (Å²) in [7, 11) is 0. The summed E-state index contributed by atoms with van der Waals surface area (Å²) in [6, 6.07) is 8.23. The largest absolute Gasteiger partial charge is 0.444 e. The van der Waals surface area contributed by atoms with Gasteiger partial charge in [-0.2, -0.15) is 0 Å². The third-order valence-corrected chi connectivity index (χ3v) is 5.00. The SMILES string of the molecule is CC(C)(C)OC(=O)Nc1ccc(N2CC(c3ccc(F)cc3F)CCC2=O)c(Cl)c1. The van der Waals surface area contributed by atoms with Crippen molar-refractivity contribution in [2.45, 2.75) is 45.1 Å².